The lowest BCUT2D eigenvalue weighted by Gasteiger charge is -2.23. The predicted octanol–water partition coefficient (Wildman–Crippen LogP) is 3.55. The standard InChI is InChI=1S/C17H21N3O2/c1-13(2)22-17(21)19-11-6-9-16(19)15-10-12-20(18-15)14-7-4-3-5-8-14/h3-5,7-8,10,12-13,16H,6,9,11H2,1-2H3/t16-/m0/s1. The third kappa shape index (κ3) is 2.98. The highest BCUT2D eigenvalue weighted by Gasteiger charge is 2.33. The Kier molecular flexibility index (Phi) is 4.13. The summed E-state index contributed by atoms with van der Waals surface area (Å²) in [5.74, 6) is 0. The summed E-state index contributed by atoms with van der Waals surface area (Å²) in [6.45, 7) is 4.47. The molecule has 1 fully saturated rings. The van der Waals surface area contributed by atoms with Crippen molar-refractivity contribution in [3.8, 4) is 5.69 Å². The lowest BCUT2D eigenvalue weighted by molar-refractivity contribution is 0.0726. The topological polar surface area (TPSA) is 47.4 Å². The summed E-state index contributed by atoms with van der Waals surface area (Å²) in [7, 11) is 0. The molecule has 1 aliphatic rings. The van der Waals surface area contributed by atoms with Gasteiger partial charge in [-0.15, -0.1) is 0 Å². The van der Waals surface area contributed by atoms with Gasteiger partial charge in [0.15, 0.2) is 0 Å². The molecule has 1 amide bonds. The Morgan fingerprint density at radius 3 is 2.77 bits per heavy atom. The second-order valence-corrected chi connectivity index (χ2v) is 5.80. The van der Waals surface area contributed by atoms with Crippen LogP contribution in [0.4, 0.5) is 4.79 Å². The number of likely N-dealkylation sites (tertiary alicyclic amines) is 1. The Morgan fingerprint density at radius 1 is 1.27 bits per heavy atom. The number of aromatic nitrogens is 2. The van der Waals surface area contributed by atoms with E-state index in [9.17, 15) is 4.79 Å². The van der Waals surface area contributed by atoms with Crippen LogP contribution in [0.25, 0.3) is 5.69 Å². The minimum absolute atomic E-state index is 0.0104. The third-order valence-corrected chi connectivity index (χ3v) is 3.80. The van der Waals surface area contributed by atoms with E-state index in [4.69, 9.17) is 4.74 Å². The number of amides is 1. The smallest absolute Gasteiger partial charge is 0.410 e. The van der Waals surface area contributed by atoms with Crippen LogP contribution in [0, 0.1) is 0 Å². The zero-order valence-corrected chi connectivity index (χ0v) is 13.0. The molecule has 5 nitrogen and oxygen atoms in total. The van der Waals surface area contributed by atoms with Gasteiger partial charge in [0, 0.05) is 12.7 Å². The lowest BCUT2D eigenvalue weighted by atomic mass is 10.1. The lowest BCUT2D eigenvalue weighted by Crippen LogP contribution is -2.33. The van der Waals surface area contributed by atoms with E-state index in [1.165, 1.54) is 0 Å². The van der Waals surface area contributed by atoms with E-state index in [0.717, 1.165) is 30.8 Å². The molecule has 0 bridgehead atoms. The Labute approximate surface area is 130 Å². The van der Waals surface area contributed by atoms with Gasteiger partial charge in [0.1, 0.15) is 0 Å². The van der Waals surface area contributed by atoms with Gasteiger partial charge < -0.3 is 4.74 Å². The Hall–Kier alpha value is -2.30. The number of ether oxygens (including phenoxy) is 1. The Bertz CT molecular complexity index is 636. The van der Waals surface area contributed by atoms with Gasteiger partial charge in [0.25, 0.3) is 0 Å². The van der Waals surface area contributed by atoms with Crippen molar-refractivity contribution in [2.75, 3.05) is 6.54 Å². The third-order valence-electron chi connectivity index (χ3n) is 3.80. The van der Waals surface area contributed by atoms with Crippen molar-refractivity contribution in [3.05, 3.63) is 48.3 Å². The van der Waals surface area contributed by atoms with Gasteiger partial charge in [-0.3, -0.25) is 4.90 Å². The van der Waals surface area contributed by atoms with Gasteiger partial charge >= 0.3 is 6.09 Å². The molecule has 1 saturated heterocycles. The maximum Gasteiger partial charge on any atom is 0.410 e. The van der Waals surface area contributed by atoms with Crippen LogP contribution in [0.3, 0.4) is 0 Å². The van der Waals surface area contributed by atoms with E-state index >= 15 is 0 Å². The molecule has 0 aliphatic carbocycles. The number of carbonyl (C=O) groups is 1. The normalized spacial score (nSPS) is 18.0. The fourth-order valence-corrected chi connectivity index (χ4v) is 2.80. The van der Waals surface area contributed by atoms with Crippen molar-refractivity contribution in [1.82, 2.24) is 14.7 Å². The molecule has 0 saturated carbocycles. The summed E-state index contributed by atoms with van der Waals surface area (Å²) < 4.78 is 7.18. The molecule has 2 aromatic rings. The summed E-state index contributed by atoms with van der Waals surface area (Å²) in [5.41, 5.74) is 1.94. The van der Waals surface area contributed by atoms with Crippen molar-refractivity contribution in [2.45, 2.75) is 38.8 Å². The van der Waals surface area contributed by atoms with E-state index in [-0.39, 0.29) is 18.2 Å². The van der Waals surface area contributed by atoms with Crippen LogP contribution in [0.5, 0.6) is 0 Å². The van der Waals surface area contributed by atoms with Crippen LogP contribution < -0.4 is 0 Å². The molecule has 2 heterocycles. The number of benzene rings is 1. The number of para-hydroxylation sites is 1. The zero-order chi connectivity index (χ0) is 15.5. The van der Waals surface area contributed by atoms with Gasteiger partial charge in [0.2, 0.25) is 0 Å². The monoisotopic (exact) mass is 299 g/mol. The average Bonchev–Trinajstić information content (AvgIpc) is 3.16. The predicted molar refractivity (Wildman–Crippen MR) is 83.9 cm³/mol. The molecule has 3 rings (SSSR count). The fourth-order valence-electron chi connectivity index (χ4n) is 2.80. The van der Waals surface area contributed by atoms with E-state index in [0.29, 0.717) is 0 Å². The van der Waals surface area contributed by atoms with Crippen LogP contribution in [0.2, 0.25) is 0 Å². The number of hydrogen-bond acceptors (Lipinski definition) is 3. The van der Waals surface area contributed by atoms with E-state index < -0.39 is 0 Å². The molecule has 1 aliphatic heterocycles. The highest BCUT2D eigenvalue weighted by Crippen LogP contribution is 2.31. The molecule has 5 heteroatoms. The van der Waals surface area contributed by atoms with E-state index in [2.05, 4.69) is 5.10 Å². The molecule has 0 spiro atoms. The maximum atomic E-state index is 12.2. The first-order chi connectivity index (χ1) is 10.6. The average molecular weight is 299 g/mol. The van der Waals surface area contributed by atoms with Gasteiger partial charge in [0.05, 0.1) is 23.5 Å². The van der Waals surface area contributed by atoms with Crippen molar-refractivity contribution >= 4 is 6.09 Å². The van der Waals surface area contributed by atoms with Crippen molar-refractivity contribution < 1.29 is 9.53 Å². The quantitative estimate of drug-likeness (QED) is 0.870. The SMILES string of the molecule is CC(C)OC(=O)N1CCC[C@H]1c1ccn(-c2ccccc2)n1. The second-order valence-electron chi connectivity index (χ2n) is 5.80. The summed E-state index contributed by atoms with van der Waals surface area (Å²) >= 11 is 0. The molecule has 1 atom stereocenters. The first-order valence-corrected chi connectivity index (χ1v) is 7.73. The van der Waals surface area contributed by atoms with Crippen LogP contribution in [0.1, 0.15) is 38.4 Å². The number of hydrogen-bond donors (Lipinski definition) is 0. The van der Waals surface area contributed by atoms with Crippen LogP contribution in [-0.4, -0.2) is 33.4 Å². The van der Waals surface area contributed by atoms with Gasteiger partial charge in [-0.25, -0.2) is 9.48 Å². The van der Waals surface area contributed by atoms with Crippen LogP contribution in [0.15, 0.2) is 42.6 Å². The molecular formula is C17H21N3O2. The molecule has 1 aromatic carbocycles. The van der Waals surface area contributed by atoms with Crippen LogP contribution >= 0.6 is 0 Å². The largest absolute Gasteiger partial charge is 0.447 e. The minimum atomic E-state index is -0.244. The first kappa shape index (κ1) is 14.6. The van der Waals surface area contributed by atoms with Crippen molar-refractivity contribution in [1.29, 1.82) is 0 Å². The fraction of sp³-hybridized carbons (Fsp3) is 0.412. The number of nitrogens with zero attached hydrogens (tertiary/aromatic N) is 3. The molecule has 0 unspecified atom stereocenters. The molecular weight excluding hydrogens is 278 g/mol. The van der Waals surface area contributed by atoms with Gasteiger partial charge in [-0.05, 0) is 44.9 Å². The van der Waals surface area contributed by atoms with E-state index in [1.54, 1.807) is 4.90 Å². The minimum Gasteiger partial charge on any atom is -0.447 e. The van der Waals surface area contributed by atoms with Gasteiger partial charge in [-0.1, -0.05) is 18.2 Å². The highest BCUT2D eigenvalue weighted by atomic mass is 16.6. The zero-order valence-electron chi connectivity index (χ0n) is 13.0. The summed E-state index contributed by atoms with van der Waals surface area (Å²) in [4.78, 5) is 14.0. The summed E-state index contributed by atoms with van der Waals surface area (Å²) in [6, 6.07) is 12.0. The second kappa shape index (κ2) is 6.22. The molecule has 0 radical (unpaired) electrons. The van der Waals surface area contributed by atoms with Crippen molar-refractivity contribution in [2.24, 2.45) is 0 Å². The van der Waals surface area contributed by atoms with Crippen molar-refractivity contribution in [3.63, 3.8) is 0 Å². The molecule has 1 aromatic heterocycles. The molecule has 116 valence electrons. The molecule has 22 heavy (non-hydrogen) atoms. The maximum absolute atomic E-state index is 12.2. The number of carbonyl (C=O) groups excluding carboxylic acids is 1. The number of rotatable bonds is 3. The van der Waals surface area contributed by atoms with Crippen LogP contribution in [-0.2, 0) is 4.74 Å². The first-order valence-electron chi connectivity index (χ1n) is 7.73. The highest BCUT2D eigenvalue weighted by molar-refractivity contribution is 5.68. The van der Waals surface area contributed by atoms with Gasteiger partial charge in [-0.2, -0.15) is 5.10 Å². The summed E-state index contributed by atoms with van der Waals surface area (Å²) in [6.07, 6.45) is 3.51. The Morgan fingerprint density at radius 2 is 2.05 bits per heavy atom. The summed E-state index contributed by atoms with van der Waals surface area (Å²) in [5, 5.41) is 4.64. The van der Waals surface area contributed by atoms with E-state index in [1.807, 2.05) is 61.1 Å². The molecule has 0 N–H and O–H groups in total. The Balaban J connectivity index is 1.79.